The standard InChI is InChI=1S/C27H23ClO5/c1-2-3-20(15-27(29)30)19-6-11-23(12-7-19)31-16-24-17-32-25-13-8-21(14-26(25)33-24)18-4-9-22(28)10-5-18/h4-14,20,24H,15-17H2,1H3,(H,29,30)/t20?,24-/m0/s1. The molecule has 0 saturated carbocycles. The van der Waals surface area contributed by atoms with E-state index in [1.807, 2.05) is 66.7 Å². The highest BCUT2D eigenvalue weighted by Gasteiger charge is 2.22. The van der Waals surface area contributed by atoms with Crippen LogP contribution in [0.25, 0.3) is 11.1 Å². The van der Waals surface area contributed by atoms with Crippen molar-refractivity contribution in [3.05, 3.63) is 77.3 Å². The van der Waals surface area contributed by atoms with Crippen molar-refractivity contribution >= 4 is 17.6 Å². The Morgan fingerprint density at radius 3 is 2.52 bits per heavy atom. The fraction of sp³-hybridized carbons (Fsp3) is 0.222. The highest BCUT2D eigenvalue weighted by atomic mass is 35.5. The van der Waals surface area contributed by atoms with Crippen LogP contribution >= 0.6 is 11.6 Å². The lowest BCUT2D eigenvalue weighted by molar-refractivity contribution is -0.137. The Hall–Kier alpha value is -3.62. The summed E-state index contributed by atoms with van der Waals surface area (Å²) in [4.78, 5) is 11.1. The molecule has 0 aliphatic carbocycles. The average Bonchev–Trinajstić information content (AvgIpc) is 2.82. The van der Waals surface area contributed by atoms with E-state index in [-0.39, 0.29) is 18.4 Å². The Morgan fingerprint density at radius 2 is 1.82 bits per heavy atom. The van der Waals surface area contributed by atoms with Crippen LogP contribution in [0.15, 0.2) is 66.7 Å². The van der Waals surface area contributed by atoms with Crippen LogP contribution < -0.4 is 14.2 Å². The van der Waals surface area contributed by atoms with Crippen LogP contribution in [0.3, 0.4) is 0 Å². The average molecular weight is 463 g/mol. The molecule has 3 aromatic rings. The number of carbonyl (C=O) groups is 1. The number of benzene rings is 3. The topological polar surface area (TPSA) is 65.0 Å². The van der Waals surface area contributed by atoms with Gasteiger partial charge in [-0.25, -0.2) is 0 Å². The zero-order valence-electron chi connectivity index (χ0n) is 18.1. The summed E-state index contributed by atoms with van der Waals surface area (Å²) < 4.78 is 17.9. The van der Waals surface area contributed by atoms with Crippen molar-refractivity contribution in [2.45, 2.75) is 25.4 Å². The lowest BCUT2D eigenvalue weighted by Gasteiger charge is -2.27. The minimum absolute atomic E-state index is 0.0360. The second-order valence-corrected chi connectivity index (χ2v) is 8.08. The monoisotopic (exact) mass is 462 g/mol. The van der Waals surface area contributed by atoms with Crippen LogP contribution in [-0.2, 0) is 4.79 Å². The summed E-state index contributed by atoms with van der Waals surface area (Å²) in [5, 5.41) is 9.79. The van der Waals surface area contributed by atoms with Gasteiger partial charge in [0, 0.05) is 5.02 Å². The van der Waals surface area contributed by atoms with Crippen molar-refractivity contribution in [3.8, 4) is 40.2 Å². The first-order valence-corrected chi connectivity index (χ1v) is 11.0. The second kappa shape index (κ2) is 10.3. The van der Waals surface area contributed by atoms with Crippen LogP contribution in [0.4, 0.5) is 0 Å². The van der Waals surface area contributed by atoms with E-state index in [9.17, 15) is 4.79 Å². The highest BCUT2D eigenvalue weighted by molar-refractivity contribution is 6.30. The van der Waals surface area contributed by atoms with E-state index < -0.39 is 5.97 Å². The summed E-state index contributed by atoms with van der Waals surface area (Å²) in [7, 11) is 0. The van der Waals surface area contributed by atoms with Crippen molar-refractivity contribution in [2.75, 3.05) is 13.2 Å². The molecule has 2 atom stereocenters. The van der Waals surface area contributed by atoms with Crippen molar-refractivity contribution in [1.82, 2.24) is 0 Å². The van der Waals surface area contributed by atoms with Crippen LogP contribution in [0.1, 0.15) is 24.8 Å². The molecule has 168 valence electrons. The molecule has 3 aromatic carbocycles. The fourth-order valence-corrected chi connectivity index (χ4v) is 3.73. The lowest BCUT2D eigenvalue weighted by atomic mass is 9.96. The van der Waals surface area contributed by atoms with Crippen molar-refractivity contribution in [2.24, 2.45) is 0 Å². The highest BCUT2D eigenvalue weighted by Crippen LogP contribution is 2.36. The van der Waals surface area contributed by atoms with Gasteiger partial charge in [0.15, 0.2) is 17.6 Å². The zero-order valence-corrected chi connectivity index (χ0v) is 18.8. The molecule has 33 heavy (non-hydrogen) atoms. The van der Waals surface area contributed by atoms with Gasteiger partial charge >= 0.3 is 5.97 Å². The number of aliphatic carboxylic acids is 1. The smallest absolute Gasteiger partial charge is 0.304 e. The Kier molecular flexibility index (Phi) is 7.07. The predicted octanol–water partition coefficient (Wildman–Crippen LogP) is 5.81. The van der Waals surface area contributed by atoms with Gasteiger partial charge in [0.1, 0.15) is 19.0 Å². The minimum atomic E-state index is -0.878. The first kappa shape index (κ1) is 22.6. The largest absolute Gasteiger partial charge is 0.490 e. The lowest BCUT2D eigenvalue weighted by Crippen LogP contribution is -2.34. The molecular weight excluding hydrogens is 440 g/mol. The number of carboxylic acids is 1. The maximum Gasteiger partial charge on any atom is 0.304 e. The van der Waals surface area contributed by atoms with Gasteiger partial charge in [-0.05, 0) is 60.0 Å². The number of hydrogen-bond acceptors (Lipinski definition) is 4. The van der Waals surface area contributed by atoms with Gasteiger partial charge in [0.05, 0.1) is 12.3 Å². The maximum absolute atomic E-state index is 11.1. The number of fused-ring (bicyclic) bond motifs is 1. The first-order chi connectivity index (χ1) is 16.0. The Morgan fingerprint density at radius 1 is 1.09 bits per heavy atom. The summed E-state index contributed by atoms with van der Waals surface area (Å²) in [6, 6.07) is 20.8. The number of carboxylic acid groups (broad SMARTS) is 1. The Balaban J connectivity index is 1.38. The number of halogens is 1. The molecule has 1 aliphatic heterocycles. The molecule has 1 aliphatic rings. The molecule has 0 amide bonds. The zero-order chi connectivity index (χ0) is 23.2. The van der Waals surface area contributed by atoms with E-state index in [0.717, 1.165) is 16.7 Å². The van der Waals surface area contributed by atoms with E-state index in [1.54, 1.807) is 6.92 Å². The van der Waals surface area contributed by atoms with E-state index in [2.05, 4.69) is 11.8 Å². The van der Waals surface area contributed by atoms with Gasteiger partial charge in [-0.15, -0.1) is 5.92 Å². The summed E-state index contributed by atoms with van der Waals surface area (Å²) >= 11 is 5.99. The van der Waals surface area contributed by atoms with E-state index in [0.29, 0.717) is 35.5 Å². The normalized spacial score (nSPS) is 15.2. The predicted molar refractivity (Wildman–Crippen MR) is 127 cm³/mol. The summed E-state index contributed by atoms with van der Waals surface area (Å²) in [6.45, 7) is 2.41. The van der Waals surface area contributed by atoms with Gasteiger partial charge in [-0.3, -0.25) is 4.79 Å². The van der Waals surface area contributed by atoms with E-state index in [1.165, 1.54) is 0 Å². The van der Waals surface area contributed by atoms with E-state index in [4.69, 9.17) is 30.9 Å². The molecule has 4 rings (SSSR count). The van der Waals surface area contributed by atoms with Gasteiger partial charge in [-0.2, -0.15) is 0 Å². The maximum atomic E-state index is 11.1. The molecule has 5 nitrogen and oxygen atoms in total. The SMILES string of the molecule is CC#CC(CC(=O)O)c1ccc(OC[C@H]2COc3ccc(-c4ccc(Cl)cc4)cc3O2)cc1. The molecule has 1 heterocycles. The molecule has 6 heteroatoms. The van der Waals surface area contributed by atoms with Gasteiger partial charge in [-0.1, -0.05) is 47.9 Å². The number of hydrogen-bond donors (Lipinski definition) is 1. The van der Waals surface area contributed by atoms with E-state index >= 15 is 0 Å². The molecule has 1 N–H and O–H groups in total. The molecule has 0 bridgehead atoms. The van der Waals surface area contributed by atoms with Crippen molar-refractivity contribution in [3.63, 3.8) is 0 Å². The molecule has 1 unspecified atom stereocenters. The first-order valence-electron chi connectivity index (χ1n) is 10.6. The quantitative estimate of drug-likeness (QED) is 0.449. The molecular formula is C27H23ClO5. The van der Waals surface area contributed by atoms with Crippen LogP contribution in [0.2, 0.25) is 5.02 Å². The molecule has 0 spiro atoms. The molecule has 0 aromatic heterocycles. The Bertz CT molecular complexity index is 1180. The number of ether oxygens (including phenoxy) is 3. The molecule has 0 radical (unpaired) electrons. The Labute approximate surface area is 197 Å². The van der Waals surface area contributed by atoms with Crippen molar-refractivity contribution < 1.29 is 24.1 Å². The third-order valence-corrected chi connectivity index (χ3v) is 5.51. The molecule has 0 fully saturated rings. The summed E-state index contributed by atoms with van der Waals surface area (Å²) in [5.41, 5.74) is 2.90. The van der Waals surface area contributed by atoms with Gasteiger partial charge in [0.2, 0.25) is 0 Å². The van der Waals surface area contributed by atoms with Gasteiger partial charge < -0.3 is 19.3 Å². The fourth-order valence-electron chi connectivity index (χ4n) is 3.61. The van der Waals surface area contributed by atoms with Crippen LogP contribution in [0.5, 0.6) is 17.2 Å². The summed E-state index contributed by atoms with van der Waals surface area (Å²) in [6.07, 6.45) is -0.297. The minimum Gasteiger partial charge on any atom is -0.490 e. The van der Waals surface area contributed by atoms with Gasteiger partial charge in [0.25, 0.3) is 0 Å². The second-order valence-electron chi connectivity index (χ2n) is 7.64. The third kappa shape index (κ3) is 5.79. The number of rotatable bonds is 7. The van der Waals surface area contributed by atoms with Crippen molar-refractivity contribution in [1.29, 1.82) is 0 Å². The third-order valence-electron chi connectivity index (χ3n) is 5.26. The van der Waals surface area contributed by atoms with Crippen LogP contribution in [0, 0.1) is 11.8 Å². The molecule has 0 saturated heterocycles. The summed E-state index contributed by atoms with van der Waals surface area (Å²) in [5.74, 6) is 6.57. The van der Waals surface area contributed by atoms with Crippen LogP contribution in [-0.4, -0.2) is 30.4 Å².